The summed E-state index contributed by atoms with van der Waals surface area (Å²) in [6.07, 6.45) is -3.01. The van der Waals surface area contributed by atoms with Gasteiger partial charge in [-0.15, -0.1) is 0 Å². The number of aliphatic hydroxyl groups excluding tert-OH is 1. The van der Waals surface area contributed by atoms with Crippen LogP contribution < -0.4 is 10.6 Å². The van der Waals surface area contributed by atoms with E-state index in [0.29, 0.717) is 12.8 Å². The molecule has 39 heavy (non-hydrogen) atoms. The van der Waals surface area contributed by atoms with Gasteiger partial charge >= 0.3 is 12.1 Å². The van der Waals surface area contributed by atoms with Crippen molar-refractivity contribution in [3.8, 4) is 0 Å². The van der Waals surface area contributed by atoms with Gasteiger partial charge in [-0.25, -0.2) is 9.59 Å². The Kier molecular flexibility index (Phi) is 9.66. The lowest BCUT2D eigenvalue weighted by Gasteiger charge is -2.26. The number of aliphatic hydroxyl groups is 1. The molecule has 1 aliphatic rings. The molecule has 0 bridgehead atoms. The maximum absolute atomic E-state index is 13.5. The van der Waals surface area contributed by atoms with E-state index in [0.717, 1.165) is 16.7 Å². The molecule has 3 aromatic carbocycles. The van der Waals surface area contributed by atoms with E-state index in [4.69, 9.17) is 9.47 Å². The monoisotopic (exact) mass is 532 g/mol. The molecule has 0 aliphatic carbocycles. The Labute approximate surface area is 226 Å². The largest absolute Gasteiger partial charge is 0.479 e. The first-order valence-electron chi connectivity index (χ1n) is 12.8. The predicted octanol–water partition coefficient (Wildman–Crippen LogP) is 2.85. The number of carbonyl (C=O) groups excluding carboxylic acids is 2. The summed E-state index contributed by atoms with van der Waals surface area (Å²) in [5.74, 6) is -1.70. The number of nitrogens with one attached hydrogen (secondary N) is 2. The molecule has 1 aliphatic heterocycles. The number of aliphatic carboxylic acids is 1. The zero-order valence-corrected chi connectivity index (χ0v) is 21.3. The van der Waals surface area contributed by atoms with E-state index >= 15 is 0 Å². The van der Waals surface area contributed by atoms with Gasteiger partial charge in [-0.3, -0.25) is 4.79 Å². The lowest BCUT2D eigenvalue weighted by Crippen LogP contribution is -2.54. The summed E-state index contributed by atoms with van der Waals surface area (Å²) in [7, 11) is 0. The second-order valence-electron chi connectivity index (χ2n) is 9.44. The van der Waals surface area contributed by atoms with E-state index in [1.807, 2.05) is 91.0 Å². The molecular weight excluding hydrogens is 500 g/mol. The van der Waals surface area contributed by atoms with Crippen molar-refractivity contribution in [2.45, 2.75) is 56.3 Å². The second kappa shape index (κ2) is 13.5. The van der Waals surface area contributed by atoms with Gasteiger partial charge in [-0.1, -0.05) is 91.0 Å². The molecule has 204 valence electrons. The van der Waals surface area contributed by atoms with Gasteiger partial charge in [0.2, 0.25) is 5.91 Å². The number of epoxide rings is 1. The Morgan fingerprint density at radius 1 is 0.821 bits per heavy atom. The summed E-state index contributed by atoms with van der Waals surface area (Å²) in [6, 6.07) is 26.1. The predicted molar refractivity (Wildman–Crippen MR) is 143 cm³/mol. The number of aryl methyl sites for hydroxylation is 1. The minimum Gasteiger partial charge on any atom is -0.479 e. The number of amides is 2. The van der Waals surface area contributed by atoms with E-state index < -0.39 is 48.4 Å². The molecule has 3 aromatic rings. The summed E-state index contributed by atoms with van der Waals surface area (Å²) in [4.78, 5) is 37.4. The van der Waals surface area contributed by atoms with Crippen LogP contribution in [0.5, 0.6) is 0 Å². The van der Waals surface area contributed by atoms with Crippen molar-refractivity contribution in [2.24, 2.45) is 0 Å². The number of carboxylic acid groups (broad SMARTS) is 1. The molecule has 9 heteroatoms. The van der Waals surface area contributed by atoms with E-state index in [9.17, 15) is 24.6 Å². The Balaban J connectivity index is 1.45. The maximum atomic E-state index is 13.5. The average molecular weight is 533 g/mol. The third kappa shape index (κ3) is 8.39. The highest BCUT2D eigenvalue weighted by molar-refractivity contribution is 5.86. The Hall–Kier alpha value is -4.21. The molecule has 0 spiro atoms. The second-order valence-corrected chi connectivity index (χ2v) is 9.44. The van der Waals surface area contributed by atoms with E-state index in [1.165, 1.54) is 0 Å². The molecule has 1 heterocycles. The fourth-order valence-corrected chi connectivity index (χ4v) is 4.36. The van der Waals surface area contributed by atoms with Gasteiger partial charge in [0.05, 0.1) is 6.04 Å². The Morgan fingerprint density at radius 2 is 1.38 bits per heavy atom. The van der Waals surface area contributed by atoms with Crippen molar-refractivity contribution in [1.82, 2.24) is 10.6 Å². The summed E-state index contributed by atoms with van der Waals surface area (Å²) < 4.78 is 10.5. The van der Waals surface area contributed by atoms with Gasteiger partial charge in [0.15, 0.2) is 6.10 Å². The molecule has 1 unspecified atom stereocenters. The number of ether oxygens (including phenoxy) is 2. The van der Waals surface area contributed by atoms with Gasteiger partial charge in [-0.2, -0.15) is 0 Å². The third-order valence-electron chi connectivity index (χ3n) is 6.54. The standard InChI is InChI=1S/C30H32N2O7/c33-25(26-27(39-26)29(35)36)23(17-16-20-10-4-1-5-11-20)31-28(34)24(18-21-12-6-2-7-13-21)32-30(37)38-19-22-14-8-3-9-15-22/h1-15,23-27,33H,16-19H2,(H,31,34)(H,32,37)(H,35,36)/t23-,24?,25-,26+,27-/m0/s1. The van der Waals surface area contributed by atoms with Crippen molar-refractivity contribution in [3.63, 3.8) is 0 Å². The highest BCUT2D eigenvalue weighted by Gasteiger charge is 2.52. The number of hydrogen-bond donors (Lipinski definition) is 4. The first-order valence-corrected chi connectivity index (χ1v) is 12.8. The molecule has 4 rings (SSSR count). The lowest BCUT2D eigenvalue weighted by atomic mass is 9.97. The Morgan fingerprint density at radius 3 is 1.95 bits per heavy atom. The molecule has 1 fully saturated rings. The van der Waals surface area contributed by atoms with Crippen LogP contribution in [0.2, 0.25) is 0 Å². The minimum absolute atomic E-state index is 0.0420. The number of carbonyl (C=O) groups is 3. The van der Waals surface area contributed by atoms with Gasteiger partial charge < -0.3 is 30.3 Å². The highest BCUT2D eigenvalue weighted by Crippen LogP contribution is 2.28. The molecular formula is C30H32N2O7. The number of benzene rings is 3. The average Bonchev–Trinajstić information content (AvgIpc) is 3.77. The van der Waals surface area contributed by atoms with Crippen molar-refractivity contribution < 1.29 is 34.1 Å². The smallest absolute Gasteiger partial charge is 0.408 e. The lowest BCUT2D eigenvalue weighted by molar-refractivity contribution is -0.138. The van der Waals surface area contributed by atoms with Gasteiger partial charge in [0, 0.05) is 6.42 Å². The zero-order valence-electron chi connectivity index (χ0n) is 21.3. The van der Waals surface area contributed by atoms with Crippen LogP contribution in [0, 0.1) is 0 Å². The molecule has 9 nitrogen and oxygen atoms in total. The fourth-order valence-electron chi connectivity index (χ4n) is 4.36. The van der Waals surface area contributed by atoms with Crippen LogP contribution in [0.4, 0.5) is 4.79 Å². The Bertz CT molecular complexity index is 1220. The maximum Gasteiger partial charge on any atom is 0.408 e. The van der Waals surface area contributed by atoms with E-state index in [1.54, 1.807) is 0 Å². The number of hydrogen-bond acceptors (Lipinski definition) is 6. The molecule has 4 N–H and O–H groups in total. The van der Waals surface area contributed by atoms with Crippen LogP contribution >= 0.6 is 0 Å². The molecule has 0 radical (unpaired) electrons. The molecule has 2 amide bonds. The number of rotatable bonds is 13. The molecule has 0 saturated carbocycles. The summed E-state index contributed by atoms with van der Waals surface area (Å²) in [5.41, 5.74) is 2.62. The normalized spacial score (nSPS) is 18.3. The number of alkyl carbamates (subject to hydrolysis) is 1. The van der Waals surface area contributed by atoms with E-state index in [-0.39, 0.29) is 13.0 Å². The van der Waals surface area contributed by atoms with Crippen LogP contribution in [-0.2, 0) is 38.5 Å². The van der Waals surface area contributed by atoms with Crippen molar-refractivity contribution in [3.05, 3.63) is 108 Å². The van der Waals surface area contributed by atoms with Gasteiger partial charge in [0.1, 0.15) is 24.9 Å². The summed E-state index contributed by atoms with van der Waals surface area (Å²) in [5, 5.41) is 25.7. The van der Waals surface area contributed by atoms with Gasteiger partial charge in [-0.05, 0) is 29.5 Å². The van der Waals surface area contributed by atoms with Crippen molar-refractivity contribution >= 4 is 18.0 Å². The van der Waals surface area contributed by atoms with Crippen molar-refractivity contribution in [1.29, 1.82) is 0 Å². The van der Waals surface area contributed by atoms with Crippen LogP contribution in [0.25, 0.3) is 0 Å². The van der Waals surface area contributed by atoms with E-state index in [2.05, 4.69) is 10.6 Å². The minimum atomic E-state index is -1.25. The van der Waals surface area contributed by atoms with Crippen LogP contribution in [0.3, 0.4) is 0 Å². The quantitative estimate of drug-likeness (QED) is 0.248. The summed E-state index contributed by atoms with van der Waals surface area (Å²) in [6.45, 7) is 0.0420. The zero-order chi connectivity index (χ0) is 27.6. The van der Waals surface area contributed by atoms with Crippen LogP contribution in [0.1, 0.15) is 23.1 Å². The highest BCUT2D eigenvalue weighted by atomic mass is 16.6. The van der Waals surface area contributed by atoms with Crippen LogP contribution in [-0.4, -0.2) is 58.6 Å². The third-order valence-corrected chi connectivity index (χ3v) is 6.54. The molecule has 1 saturated heterocycles. The van der Waals surface area contributed by atoms with Crippen LogP contribution in [0.15, 0.2) is 91.0 Å². The molecule has 0 aromatic heterocycles. The SMILES string of the molecule is O=C(NC(Cc1ccccc1)C(=O)N[C@@H](CCc1ccccc1)[C@H](O)[C@H]1O[C@@H]1C(=O)O)OCc1ccccc1. The van der Waals surface area contributed by atoms with Gasteiger partial charge in [0.25, 0.3) is 0 Å². The first-order chi connectivity index (χ1) is 18.9. The topological polar surface area (TPSA) is 137 Å². The van der Waals surface area contributed by atoms with Crippen molar-refractivity contribution in [2.75, 3.05) is 0 Å². The first kappa shape index (κ1) is 27.8. The number of carboxylic acids is 1. The summed E-state index contributed by atoms with van der Waals surface area (Å²) >= 11 is 0. The fraction of sp³-hybridized carbons (Fsp3) is 0.300. The molecule has 5 atom stereocenters.